The van der Waals surface area contributed by atoms with Gasteiger partial charge in [0, 0.05) is 18.8 Å². The Hall–Kier alpha value is -1.16. The summed E-state index contributed by atoms with van der Waals surface area (Å²) < 4.78 is 2.64. The van der Waals surface area contributed by atoms with E-state index in [1.54, 1.807) is 4.68 Å². The largest absolute Gasteiger partial charge is 0.275 e. The van der Waals surface area contributed by atoms with E-state index in [9.17, 15) is 0 Å². The topological polar surface area (TPSA) is 30.7 Å². The van der Waals surface area contributed by atoms with E-state index in [2.05, 4.69) is 26.0 Å². The normalized spacial score (nSPS) is 10.5. The predicted octanol–water partition coefficient (Wildman–Crippen LogP) is 2.55. The monoisotopic (exact) mass is 251 g/mol. The molecular formula is C10H10BrN3. The smallest absolute Gasteiger partial charge is 0.106 e. The van der Waals surface area contributed by atoms with Crippen LogP contribution in [0.25, 0.3) is 11.3 Å². The zero-order chi connectivity index (χ0) is 10.1. The van der Waals surface area contributed by atoms with E-state index in [0.717, 1.165) is 21.6 Å². The Morgan fingerprint density at radius 3 is 2.71 bits per heavy atom. The second kappa shape index (κ2) is 3.53. The fraction of sp³-hybridized carbons (Fsp3) is 0.200. The summed E-state index contributed by atoms with van der Waals surface area (Å²) in [6.07, 6.45) is 1.98. The predicted molar refractivity (Wildman–Crippen MR) is 58.9 cm³/mol. The molecule has 0 N–H and O–H groups in total. The van der Waals surface area contributed by atoms with Crippen molar-refractivity contribution in [3.05, 3.63) is 34.7 Å². The van der Waals surface area contributed by atoms with Crippen molar-refractivity contribution in [2.24, 2.45) is 7.05 Å². The zero-order valence-electron chi connectivity index (χ0n) is 8.03. The summed E-state index contributed by atoms with van der Waals surface area (Å²) >= 11 is 3.35. The summed E-state index contributed by atoms with van der Waals surface area (Å²) in [5, 5.41) is 4.28. The van der Waals surface area contributed by atoms with E-state index in [1.165, 1.54) is 0 Å². The molecule has 2 aromatic heterocycles. The van der Waals surface area contributed by atoms with Crippen LogP contribution in [0.1, 0.15) is 5.69 Å². The van der Waals surface area contributed by atoms with Crippen molar-refractivity contribution in [1.29, 1.82) is 0 Å². The van der Waals surface area contributed by atoms with Crippen LogP contribution < -0.4 is 0 Å². The molecule has 0 aliphatic carbocycles. The minimum atomic E-state index is 0.846. The second-order valence-electron chi connectivity index (χ2n) is 3.15. The molecule has 2 rings (SSSR count). The number of pyridine rings is 1. The standard InChI is InChI=1S/C10H10BrN3/c1-7-8(6-14(2)13-7)9-4-3-5-10(11)12-9/h3-6H,1-2H3. The van der Waals surface area contributed by atoms with Gasteiger partial charge in [0.25, 0.3) is 0 Å². The van der Waals surface area contributed by atoms with E-state index >= 15 is 0 Å². The van der Waals surface area contributed by atoms with Crippen LogP contribution in [-0.4, -0.2) is 14.8 Å². The first-order valence-electron chi connectivity index (χ1n) is 4.30. The second-order valence-corrected chi connectivity index (χ2v) is 3.96. The Bertz CT molecular complexity index is 462. The van der Waals surface area contributed by atoms with Crippen LogP contribution in [0.2, 0.25) is 0 Å². The van der Waals surface area contributed by atoms with Crippen LogP contribution >= 0.6 is 15.9 Å². The molecule has 2 heterocycles. The van der Waals surface area contributed by atoms with E-state index < -0.39 is 0 Å². The number of aryl methyl sites for hydroxylation is 2. The van der Waals surface area contributed by atoms with Crippen molar-refractivity contribution in [3.8, 4) is 11.3 Å². The van der Waals surface area contributed by atoms with Crippen LogP contribution in [-0.2, 0) is 7.05 Å². The molecule has 0 saturated heterocycles. The van der Waals surface area contributed by atoms with Gasteiger partial charge in [-0.05, 0) is 35.0 Å². The van der Waals surface area contributed by atoms with Crippen molar-refractivity contribution in [3.63, 3.8) is 0 Å². The average Bonchev–Trinajstić information content (AvgIpc) is 2.45. The van der Waals surface area contributed by atoms with Gasteiger partial charge in [-0.15, -0.1) is 0 Å². The van der Waals surface area contributed by atoms with Crippen molar-refractivity contribution < 1.29 is 0 Å². The summed E-state index contributed by atoms with van der Waals surface area (Å²) in [5.74, 6) is 0. The van der Waals surface area contributed by atoms with Gasteiger partial charge < -0.3 is 0 Å². The number of hydrogen-bond acceptors (Lipinski definition) is 2. The van der Waals surface area contributed by atoms with Gasteiger partial charge in [-0.2, -0.15) is 5.10 Å². The van der Waals surface area contributed by atoms with Gasteiger partial charge >= 0.3 is 0 Å². The fourth-order valence-corrected chi connectivity index (χ4v) is 1.75. The van der Waals surface area contributed by atoms with E-state index in [-0.39, 0.29) is 0 Å². The molecular weight excluding hydrogens is 242 g/mol. The molecule has 14 heavy (non-hydrogen) atoms. The molecule has 4 heteroatoms. The molecule has 0 spiro atoms. The van der Waals surface area contributed by atoms with Crippen LogP contribution in [0, 0.1) is 6.92 Å². The van der Waals surface area contributed by atoms with Crippen molar-refractivity contribution in [1.82, 2.24) is 14.8 Å². The van der Waals surface area contributed by atoms with Gasteiger partial charge in [-0.25, -0.2) is 4.98 Å². The van der Waals surface area contributed by atoms with Crippen molar-refractivity contribution in [2.45, 2.75) is 6.92 Å². The lowest BCUT2D eigenvalue weighted by molar-refractivity contribution is 0.756. The van der Waals surface area contributed by atoms with Gasteiger partial charge in [0.05, 0.1) is 11.4 Å². The molecule has 0 bridgehead atoms. The number of hydrogen-bond donors (Lipinski definition) is 0. The maximum absolute atomic E-state index is 4.38. The first kappa shape index (κ1) is 9.40. The van der Waals surface area contributed by atoms with Crippen molar-refractivity contribution in [2.75, 3.05) is 0 Å². The Morgan fingerprint density at radius 1 is 1.36 bits per heavy atom. The third-order valence-corrected chi connectivity index (χ3v) is 2.45. The molecule has 0 atom stereocenters. The lowest BCUT2D eigenvalue weighted by atomic mass is 10.2. The van der Waals surface area contributed by atoms with Crippen LogP contribution in [0.4, 0.5) is 0 Å². The molecule has 0 aliphatic rings. The summed E-state index contributed by atoms with van der Waals surface area (Å²) in [4.78, 5) is 4.38. The van der Waals surface area contributed by atoms with E-state index in [0.29, 0.717) is 0 Å². The molecule has 0 saturated carbocycles. The highest BCUT2D eigenvalue weighted by molar-refractivity contribution is 9.10. The third-order valence-electron chi connectivity index (χ3n) is 2.00. The SMILES string of the molecule is Cc1nn(C)cc1-c1cccc(Br)n1. The molecule has 2 aromatic rings. The third kappa shape index (κ3) is 1.70. The highest BCUT2D eigenvalue weighted by Gasteiger charge is 2.06. The maximum Gasteiger partial charge on any atom is 0.106 e. The summed E-state index contributed by atoms with van der Waals surface area (Å²) in [6, 6.07) is 5.86. The molecule has 0 aromatic carbocycles. The Balaban J connectivity index is 2.54. The Labute approximate surface area is 90.9 Å². The molecule has 0 aliphatic heterocycles. The molecule has 0 radical (unpaired) electrons. The fourth-order valence-electron chi connectivity index (χ4n) is 1.41. The Kier molecular flexibility index (Phi) is 2.37. The van der Waals surface area contributed by atoms with E-state index in [4.69, 9.17) is 0 Å². The first-order chi connectivity index (χ1) is 6.66. The van der Waals surface area contributed by atoms with Crippen molar-refractivity contribution >= 4 is 15.9 Å². The van der Waals surface area contributed by atoms with Crippen LogP contribution in [0.5, 0.6) is 0 Å². The molecule has 3 nitrogen and oxygen atoms in total. The minimum Gasteiger partial charge on any atom is -0.275 e. The van der Waals surface area contributed by atoms with Crippen LogP contribution in [0.3, 0.4) is 0 Å². The summed E-state index contributed by atoms with van der Waals surface area (Å²) in [7, 11) is 1.91. The Morgan fingerprint density at radius 2 is 2.14 bits per heavy atom. The molecule has 0 unspecified atom stereocenters. The van der Waals surface area contributed by atoms with E-state index in [1.807, 2.05) is 38.4 Å². The molecule has 72 valence electrons. The number of aromatic nitrogens is 3. The molecule has 0 fully saturated rings. The highest BCUT2D eigenvalue weighted by atomic mass is 79.9. The lowest BCUT2D eigenvalue weighted by Gasteiger charge is -1.97. The number of halogens is 1. The van der Waals surface area contributed by atoms with Crippen LogP contribution in [0.15, 0.2) is 29.0 Å². The number of rotatable bonds is 1. The van der Waals surface area contributed by atoms with Gasteiger partial charge in [0.15, 0.2) is 0 Å². The quantitative estimate of drug-likeness (QED) is 0.730. The van der Waals surface area contributed by atoms with Gasteiger partial charge in [0.2, 0.25) is 0 Å². The van der Waals surface area contributed by atoms with Gasteiger partial charge in [-0.1, -0.05) is 6.07 Å². The van der Waals surface area contributed by atoms with Gasteiger partial charge in [-0.3, -0.25) is 4.68 Å². The minimum absolute atomic E-state index is 0.846. The summed E-state index contributed by atoms with van der Waals surface area (Å²) in [5.41, 5.74) is 3.02. The number of nitrogens with zero attached hydrogens (tertiary/aromatic N) is 3. The highest BCUT2D eigenvalue weighted by Crippen LogP contribution is 2.21. The molecule has 0 amide bonds. The maximum atomic E-state index is 4.38. The zero-order valence-corrected chi connectivity index (χ0v) is 9.62. The van der Waals surface area contributed by atoms with Gasteiger partial charge in [0.1, 0.15) is 4.60 Å². The first-order valence-corrected chi connectivity index (χ1v) is 5.09. The lowest BCUT2D eigenvalue weighted by Crippen LogP contribution is -1.86. The average molecular weight is 252 g/mol. The summed E-state index contributed by atoms with van der Waals surface area (Å²) in [6.45, 7) is 1.98.